The van der Waals surface area contributed by atoms with Gasteiger partial charge >= 0.3 is 6.18 Å². The van der Waals surface area contributed by atoms with E-state index in [1.165, 1.54) is 0 Å². The Morgan fingerprint density at radius 2 is 1.61 bits per heavy atom. The lowest BCUT2D eigenvalue weighted by Crippen LogP contribution is -2.52. The molecule has 0 radical (unpaired) electrons. The molecule has 0 saturated carbocycles. The number of rotatable bonds is 6. The summed E-state index contributed by atoms with van der Waals surface area (Å²) >= 11 is 0. The minimum Gasteiger partial charge on any atom is -0.416 e. The smallest absolute Gasteiger partial charge is 0.416 e. The van der Waals surface area contributed by atoms with Crippen molar-refractivity contribution < 1.29 is 27.1 Å². The van der Waals surface area contributed by atoms with Crippen LogP contribution in [0.25, 0.3) is 22.9 Å². The summed E-state index contributed by atoms with van der Waals surface area (Å²) in [6.07, 6.45) is -2.61. The van der Waals surface area contributed by atoms with Crippen molar-refractivity contribution in [1.29, 1.82) is 0 Å². The molecule has 0 saturated heterocycles. The molecule has 36 heavy (non-hydrogen) atoms. The van der Waals surface area contributed by atoms with Crippen molar-refractivity contribution in [2.75, 3.05) is 6.61 Å². The molecule has 0 bridgehead atoms. The first-order valence-corrected chi connectivity index (χ1v) is 11.5. The number of hydrogen-bond acceptors (Lipinski definition) is 5. The van der Waals surface area contributed by atoms with Crippen molar-refractivity contribution in [1.82, 2.24) is 15.5 Å². The van der Waals surface area contributed by atoms with Crippen molar-refractivity contribution in [2.45, 2.75) is 37.5 Å². The molecular weight excluding hydrogens is 474 g/mol. The molecular formula is C27H23F4N3O2. The number of aliphatic hydroxyl groups is 1. The highest BCUT2D eigenvalue weighted by Gasteiger charge is 2.35. The van der Waals surface area contributed by atoms with Gasteiger partial charge in [0.05, 0.1) is 12.2 Å². The molecule has 0 amide bonds. The van der Waals surface area contributed by atoms with Gasteiger partial charge in [-0.15, -0.1) is 10.2 Å². The van der Waals surface area contributed by atoms with Gasteiger partial charge in [0.1, 0.15) is 5.82 Å². The molecule has 5 nitrogen and oxygen atoms in total. The highest BCUT2D eigenvalue weighted by atomic mass is 19.4. The van der Waals surface area contributed by atoms with Crippen molar-refractivity contribution in [3.05, 3.63) is 94.8 Å². The number of alkyl halides is 3. The zero-order valence-electron chi connectivity index (χ0n) is 19.1. The molecule has 9 heteroatoms. The number of benzene rings is 3. The standard InChI is InChI=1S/C27H23F4N3O2/c28-23-13-20(8-9-22(23)27(29,30)31)25-34-33-24(36-25)19-7-6-18-10-11-26(16-35,14-21(18)12-19)32-15-17-4-2-1-3-5-17/h1-9,12-13,32,35H,10-11,14-16H2/t26-/m0/s1. The Morgan fingerprint density at radius 3 is 2.28 bits per heavy atom. The maximum Gasteiger partial charge on any atom is 0.419 e. The Balaban J connectivity index is 1.37. The van der Waals surface area contributed by atoms with E-state index in [9.17, 15) is 22.7 Å². The summed E-state index contributed by atoms with van der Waals surface area (Å²) < 4.78 is 58.2. The van der Waals surface area contributed by atoms with Crippen LogP contribution in [-0.4, -0.2) is 27.4 Å². The van der Waals surface area contributed by atoms with E-state index in [0.717, 1.165) is 41.7 Å². The first-order valence-electron chi connectivity index (χ1n) is 11.5. The first kappa shape index (κ1) is 24.1. The van der Waals surface area contributed by atoms with E-state index < -0.39 is 23.1 Å². The average Bonchev–Trinajstić information content (AvgIpc) is 3.37. The van der Waals surface area contributed by atoms with Crippen LogP contribution in [0.2, 0.25) is 0 Å². The van der Waals surface area contributed by atoms with Gasteiger partial charge in [-0.25, -0.2) is 4.39 Å². The van der Waals surface area contributed by atoms with E-state index in [4.69, 9.17) is 4.42 Å². The number of hydrogen-bond donors (Lipinski definition) is 2. The van der Waals surface area contributed by atoms with Crippen LogP contribution in [0.5, 0.6) is 0 Å². The van der Waals surface area contributed by atoms with Gasteiger partial charge in [-0.05, 0) is 66.3 Å². The average molecular weight is 497 g/mol. The van der Waals surface area contributed by atoms with Crippen LogP contribution in [0.3, 0.4) is 0 Å². The summed E-state index contributed by atoms with van der Waals surface area (Å²) in [5.74, 6) is -1.31. The summed E-state index contributed by atoms with van der Waals surface area (Å²) in [6, 6.07) is 18.2. The van der Waals surface area contributed by atoms with Gasteiger partial charge in [-0.3, -0.25) is 0 Å². The minimum atomic E-state index is -4.79. The van der Waals surface area contributed by atoms with Crippen LogP contribution < -0.4 is 5.32 Å². The van der Waals surface area contributed by atoms with E-state index in [1.54, 1.807) is 0 Å². The topological polar surface area (TPSA) is 71.2 Å². The molecule has 1 aliphatic carbocycles. The van der Waals surface area contributed by atoms with E-state index in [0.29, 0.717) is 24.6 Å². The van der Waals surface area contributed by atoms with Crippen molar-refractivity contribution >= 4 is 0 Å². The Bertz CT molecular complexity index is 1370. The van der Waals surface area contributed by atoms with E-state index in [2.05, 4.69) is 15.5 Å². The van der Waals surface area contributed by atoms with Gasteiger partial charge in [0.25, 0.3) is 0 Å². The third-order valence-corrected chi connectivity index (χ3v) is 6.61. The normalized spacial score (nSPS) is 17.7. The predicted molar refractivity (Wildman–Crippen MR) is 125 cm³/mol. The summed E-state index contributed by atoms with van der Waals surface area (Å²) in [5.41, 5.74) is 2.19. The maximum atomic E-state index is 14.0. The number of aromatic nitrogens is 2. The monoisotopic (exact) mass is 497 g/mol. The lowest BCUT2D eigenvalue weighted by molar-refractivity contribution is -0.139. The summed E-state index contributed by atoms with van der Waals surface area (Å²) in [4.78, 5) is 0. The molecule has 3 aromatic carbocycles. The van der Waals surface area contributed by atoms with Gasteiger partial charge < -0.3 is 14.8 Å². The molecule has 186 valence electrons. The lowest BCUT2D eigenvalue weighted by Gasteiger charge is -2.38. The first-order chi connectivity index (χ1) is 17.3. The summed E-state index contributed by atoms with van der Waals surface area (Å²) in [7, 11) is 0. The van der Waals surface area contributed by atoms with Gasteiger partial charge in [0.15, 0.2) is 0 Å². The van der Waals surface area contributed by atoms with Crippen LogP contribution in [-0.2, 0) is 25.6 Å². The maximum absolute atomic E-state index is 14.0. The molecule has 0 fully saturated rings. The fourth-order valence-electron chi connectivity index (χ4n) is 4.56. The van der Waals surface area contributed by atoms with Crippen LogP contribution in [0.4, 0.5) is 17.6 Å². The molecule has 4 aromatic rings. The van der Waals surface area contributed by atoms with Gasteiger partial charge in [-0.1, -0.05) is 36.4 Å². The highest BCUT2D eigenvalue weighted by Crippen LogP contribution is 2.35. The van der Waals surface area contributed by atoms with E-state index in [-0.39, 0.29) is 24.0 Å². The number of aryl methyl sites for hydroxylation is 1. The molecule has 1 heterocycles. The zero-order valence-corrected chi connectivity index (χ0v) is 19.1. The van der Waals surface area contributed by atoms with Crippen LogP contribution in [0, 0.1) is 5.82 Å². The van der Waals surface area contributed by atoms with Crippen LogP contribution in [0.15, 0.2) is 71.1 Å². The third-order valence-electron chi connectivity index (χ3n) is 6.61. The van der Waals surface area contributed by atoms with E-state index >= 15 is 0 Å². The predicted octanol–water partition coefficient (Wildman–Crippen LogP) is 5.57. The Hall–Kier alpha value is -3.56. The quantitative estimate of drug-likeness (QED) is 0.341. The Kier molecular flexibility index (Phi) is 6.36. The van der Waals surface area contributed by atoms with Gasteiger partial charge in [0.2, 0.25) is 11.8 Å². The third kappa shape index (κ3) is 4.89. The van der Waals surface area contributed by atoms with E-state index in [1.807, 2.05) is 48.5 Å². The molecule has 0 aliphatic heterocycles. The Labute approximate surface area is 204 Å². The fraction of sp³-hybridized carbons (Fsp3) is 0.259. The summed E-state index contributed by atoms with van der Waals surface area (Å²) in [5, 5.41) is 21.7. The van der Waals surface area contributed by atoms with Crippen LogP contribution >= 0.6 is 0 Å². The second kappa shape index (κ2) is 9.48. The minimum absolute atomic E-state index is 0.0201. The molecule has 1 aromatic heterocycles. The SMILES string of the molecule is OC[C@]1(NCc2ccccc2)CCc2ccc(-c3nnc(-c4ccc(C(F)(F)F)c(F)c4)o3)cc2C1. The Morgan fingerprint density at radius 1 is 0.917 bits per heavy atom. The summed E-state index contributed by atoms with van der Waals surface area (Å²) in [6.45, 7) is 0.612. The molecule has 1 atom stereocenters. The largest absolute Gasteiger partial charge is 0.419 e. The molecule has 0 spiro atoms. The number of halogens is 4. The molecule has 1 aliphatic rings. The van der Waals surface area contributed by atoms with Gasteiger partial charge in [0, 0.05) is 23.2 Å². The highest BCUT2D eigenvalue weighted by molar-refractivity contribution is 5.60. The van der Waals surface area contributed by atoms with Crippen LogP contribution in [0.1, 0.15) is 28.7 Å². The van der Waals surface area contributed by atoms with Crippen molar-refractivity contribution in [3.8, 4) is 22.9 Å². The van der Waals surface area contributed by atoms with Gasteiger partial charge in [-0.2, -0.15) is 13.2 Å². The molecule has 2 N–H and O–H groups in total. The van der Waals surface area contributed by atoms with Crippen molar-refractivity contribution in [3.63, 3.8) is 0 Å². The molecule has 0 unspecified atom stereocenters. The second-order valence-corrected chi connectivity index (χ2v) is 9.04. The number of nitrogens with zero attached hydrogens (tertiary/aromatic N) is 2. The fourth-order valence-corrected chi connectivity index (χ4v) is 4.56. The van der Waals surface area contributed by atoms with Crippen molar-refractivity contribution in [2.24, 2.45) is 0 Å². The molecule has 5 rings (SSSR count). The zero-order chi connectivity index (χ0) is 25.3. The lowest BCUT2D eigenvalue weighted by atomic mass is 9.77. The number of nitrogens with one attached hydrogen (secondary N) is 1. The number of aliphatic hydroxyl groups excluding tert-OH is 1. The number of fused-ring (bicyclic) bond motifs is 1. The second-order valence-electron chi connectivity index (χ2n) is 9.04.